The Morgan fingerprint density at radius 1 is 1.27 bits per heavy atom. The summed E-state index contributed by atoms with van der Waals surface area (Å²) in [5.41, 5.74) is 0. The van der Waals surface area contributed by atoms with Gasteiger partial charge in [-0.25, -0.2) is 0 Å². The molecule has 3 nitrogen and oxygen atoms in total. The zero-order chi connectivity index (χ0) is 10.7. The standard InChI is InChI=1S/C12H21NO2/c14-12(15)3-1-2-6-13-11-8-9-4-5-10(11)7-9/h9-11,13H,1-8H2,(H,14,15). The van der Waals surface area contributed by atoms with Gasteiger partial charge in [0.25, 0.3) is 0 Å². The lowest BCUT2D eigenvalue weighted by atomic mass is 9.95. The minimum absolute atomic E-state index is 0.318. The number of carboxylic acids is 1. The highest BCUT2D eigenvalue weighted by molar-refractivity contribution is 5.66. The van der Waals surface area contributed by atoms with Crippen LogP contribution in [0.4, 0.5) is 0 Å². The Bertz CT molecular complexity index is 230. The minimum Gasteiger partial charge on any atom is -0.481 e. The molecule has 0 aromatic carbocycles. The van der Waals surface area contributed by atoms with E-state index in [9.17, 15) is 4.79 Å². The molecule has 3 unspecified atom stereocenters. The maximum atomic E-state index is 10.3. The first-order valence-corrected chi connectivity index (χ1v) is 6.21. The molecule has 0 heterocycles. The molecule has 0 spiro atoms. The zero-order valence-electron chi connectivity index (χ0n) is 9.24. The maximum absolute atomic E-state index is 10.3. The van der Waals surface area contributed by atoms with Crippen molar-refractivity contribution in [2.45, 2.75) is 51.0 Å². The molecule has 2 N–H and O–H groups in total. The molecule has 0 amide bonds. The van der Waals surface area contributed by atoms with Crippen molar-refractivity contribution in [2.24, 2.45) is 11.8 Å². The Morgan fingerprint density at radius 3 is 2.73 bits per heavy atom. The van der Waals surface area contributed by atoms with Crippen molar-refractivity contribution in [1.82, 2.24) is 5.32 Å². The van der Waals surface area contributed by atoms with Gasteiger partial charge in [-0.2, -0.15) is 0 Å². The Hall–Kier alpha value is -0.570. The van der Waals surface area contributed by atoms with E-state index in [1.54, 1.807) is 0 Å². The van der Waals surface area contributed by atoms with Crippen LogP contribution in [0.3, 0.4) is 0 Å². The Balaban J connectivity index is 1.53. The summed E-state index contributed by atoms with van der Waals surface area (Å²) < 4.78 is 0. The molecule has 2 aliphatic carbocycles. The molecule has 15 heavy (non-hydrogen) atoms. The number of nitrogens with one attached hydrogen (secondary N) is 1. The number of hydrogen-bond acceptors (Lipinski definition) is 2. The average molecular weight is 211 g/mol. The Labute approximate surface area is 91.2 Å². The second-order valence-electron chi connectivity index (χ2n) is 5.09. The number of carbonyl (C=O) groups is 1. The number of aliphatic carboxylic acids is 1. The van der Waals surface area contributed by atoms with E-state index in [1.165, 1.54) is 25.7 Å². The molecular formula is C12H21NO2. The zero-order valence-corrected chi connectivity index (χ0v) is 9.24. The first-order valence-electron chi connectivity index (χ1n) is 6.21. The highest BCUT2D eigenvalue weighted by atomic mass is 16.4. The molecule has 2 bridgehead atoms. The van der Waals surface area contributed by atoms with Gasteiger partial charge in [-0.1, -0.05) is 6.42 Å². The number of carboxylic acid groups (broad SMARTS) is 1. The molecule has 0 aromatic rings. The lowest BCUT2D eigenvalue weighted by Gasteiger charge is -2.22. The van der Waals surface area contributed by atoms with Gasteiger partial charge in [0.15, 0.2) is 0 Å². The summed E-state index contributed by atoms with van der Waals surface area (Å²) in [6.07, 6.45) is 7.79. The van der Waals surface area contributed by atoms with Crippen LogP contribution >= 0.6 is 0 Å². The lowest BCUT2D eigenvalue weighted by molar-refractivity contribution is -0.137. The maximum Gasteiger partial charge on any atom is 0.303 e. The molecule has 0 radical (unpaired) electrons. The van der Waals surface area contributed by atoms with Crippen molar-refractivity contribution in [3.05, 3.63) is 0 Å². The summed E-state index contributed by atoms with van der Waals surface area (Å²) in [5, 5.41) is 12.1. The molecule has 3 atom stereocenters. The van der Waals surface area contributed by atoms with Crippen LogP contribution in [-0.4, -0.2) is 23.7 Å². The largest absolute Gasteiger partial charge is 0.481 e. The number of fused-ring (bicyclic) bond motifs is 2. The molecule has 0 saturated heterocycles. The molecule has 86 valence electrons. The van der Waals surface area contributed by atoms with Gasteiger partial charge in [-0.05, 0) is 50.5 Å². The summed E-state index contributed by atoms with van der Waals surface area (Å²) in [4.78, 5) is 10.3. The third kappa shape index (κ3) is 2.94. The van der Waals surface area contributed by atoms with Crippen LogP contribution in [0.15, 0.2) is 0 Å². The molecule has 0 aromatic heterocycles. The molecule has 2 saturated carbocycles. The van der Waals surface area contributed by atoms with Gasteiger partial charge in [0, 0.05) is 12.5 Å². The average Bonchev–Trinajstić information content (AvgIpc) is 2.78. The van der Waals surface area contributed by atoms with Gasteiger partial charge in [-0.15, -0.1) is 0 Å². The fraction of sp³-hybridized carbons (Fsp3) is 0.917. The van der Waals surface area contributed by atoms with Crippen molar-refractivity contribution in [3.8, 4) is 0 Å². The predicted octanol–water partition coefficient (Wildman–Crippen LogP) is 2.02. The van der Waals surface area contributed by atoms with Gasteiger partial charge >= 0.3 is 5.97 Å². The van der Waals surface area contributed by atoms with Crippen LogP contribution in [0.5, 0.6) is 0 Å². The predicted molar refractivity (Wildman–Crippen MR) is 58.7 cm³/mol. The summed E-state index contributed by atoms with van der Waals surface area (Å²) in [7, 11) is 0. The van der Waals surface area contributed by atoms with Crippen molar-refractivity contribution < 1.29 is 9.90 Å². The Kier molecular flexibility index (Phi) is 3.62. The molecule has 2 fully saturated rings. The van der Waals surface area contributed by atoms with Crippen molar-refractivity contribution >= 4 is 5.97 Å². The lowest BCUT2D eigenvalue weighted by Crippen LogP contribution is -2.34. The minimum atomic E-state index is -0.671. The van der Waals surface area contributed by atoms with Crippen molar-refractivity contribution in [2.75, 3.05) is 6.54 Å². The van der Waals surface area contributed by atoms with Gasteiger partial charge < -0.3 is 10.4 Å². The summed E-state index contributed by atoms with van der Waals surface area (Å²) in [6, 6.07) is 0.744. The van der Waals surface area contributed by atoms with Crippen LogP contribution in [0.1, 0.15) is 44.9 Å². The molecule has 0 aliphatic heterocycles. The van der Waals surface area contributed by atoms with Gasteiger partial charge in [0.1, 0.15) is 0 Å². The number of unbranched alkanes of at least 4 members (excludes halogenated alkanes) is 1. The van der Waals surface area contributed by atoms with E-state index in [-0.39, 0.29) is 0 Å². The highest BCUT2D eigenvalue weighted by Crippen LogP contribution is 2.44. The number of hydrogen-bond donors (Lipinski definition) is 2. The smallest absolute Gasteiger partial charge is 0.303 e. The van der Waals surface area contributed by atoms with Crippen molar-refractivity contribution in [3.63, 3.8) is 0 Å². The molecule has 3 heteroatoms. The normalized spacial score (nSPS) is 33.5. The van der Waals surface area contributed by atoms with E-state index in [0.717, 1.165) is 37.3 Å². The van der Waals surface area contributed by atoms with E-state index < -0.39 is 5.97 Å². The molecule has 2 rings (SSSR count). The van der Waals surface area contributed by atoms with Gasteiger partial charge in [-0.3, -0.25) is 4.79 Å². The fourth-order valence-electron chi connectivity index (χ4n) is 3.18. The summed E-state index contributed by atoms with van der Waals surface area (Å²) in [6.45, 7) is 1.00. The van der Waals surface area contributed by atoms with E-state index in [1.807, 2.05) is 0 Å². The topological polar surface area (TPSA) is 49.3 Å². The van der Waals surface area contributed by atoms with Crippen LogP contribution < -0.4 is 5.32 Å². The van der Waals surface area contributed by atoms with Crippen LogP contribution in [0.25, 0.3) is 0 Å². The SMILES string of the molecule is O=C(O)CCCCNC1CC2CCC1C2. The Morgan fingerprint density at radius 2 is 2.13 bits per heavy atom. The quantitative estimate of drug-likeness (QED) is 0.661. The monoisotopic (exact) mass is 211 g/mol. The van der Waals surface area contributed by atoms with Gasteiger partial charge in [0.2, 0.25) is 0 Å². The highest BCUT2D eigenvalue weighted by Gasteiger charge is 2.38. The first-order chi connectivity index (χ1) is 7.25. The third-order valence-electron chi connectivity index (χ3n) is 3.96. The van der Waals surface area contributed by atoms with Crippen LogP contribution in [0, 0.1) is 11.8 Å². The van der Waals surface area contributed by atoms with Crippen molar-refractivity contribution in [1.29, 1.82) is 0 Å². The molecular weight excluding hydrogens is 190 g/mol. The third-order valence-corrected chi connectivity index (χ3v) is 3.96. The summed E-state index contributed by atoms with van der Waals surface area (Å²) in [5.74, 6) is 1.25. The van der Waals surface area contributed by atoms with E-state index in [4.69, 9.17) is 5.11 Å². The van der Waals surface area contributed by atoms with E-state index >= 15 is 0 Å². The van der Waals surface area contributed by atoms with E-state index in [2.05, 4.69) is 5.32 Å². The van der Waals surface area contributed by atoms with Gasteiger partial charge in [0.05, 0.1) is 0 Å². The fourth-order valence-corrected chi connectivity index (χ4v) is 3.18. The van der Waals surface area contributed by atoms with Crippen LogP contribution in [0.2, 0.25) is 0 Å². The van der Waals surface area contributed by atoms with E-state index in [0.29, 0.717) is 6.42 Å². The number of rotatable bonds is 6. The summed E-state index contributed by atoms with van der Waals surface area (Å²) >= 11 is 0. The van der Waals surface area contributed by atoms with Crippen LogP contribution in [-0.2, 0) is 4.79 Å². The first kappa shape index (κ1) is 10.9. The molecule has 2 aliphatic rings. The second-order valence-corrected chi connectivity index (χ2v) is 5.09. The second kappa shape index (κ2) is 4.97.